The molecule has 0 aromatic rings. The van der Waals surface area contributed by atoms with Gasteiger partial charge in [0.25, 0.3) is 5.41 Å². The molecule has 0 unspecified atom stereocenters. The number of hydrogen-bond acceptors (Lipinski definition) is 6. The van der Waals surface area contributed by atoms with Crippen LogP contribution in [0, 0.1) is 11.3 Å². The number of carbonyl (C=O) groups is 3. The third-order valence-corrected chi connectivity index (χ3v) is 2.48. The van der Waals surface area contributed by atoms with Crippen molar-refractivity contribution in [2.45, 2.75) is 20.8 Å². The van der Waals surface area contributed by atoms with Crippen molar-refractivity contribution < 1.29 is 28.6 Å². The summed E-state index contributed by atoms with van der Waals surface area (Å²) in [7, 11) is 2.20. The van der Waals surface area contributed by atoms with Gasteiger partial charge in [0.15, 0.2) is 0 Å². The SMILES string of the molecule is CCOC(=O)C(C(=O)OC)(C(=O)OC)C(C)C. The minimum absolute atomic E-state index is 0.0568. The fraction of sp³-hybridized carbons (Fsp3) is 0.727. The molecule has 0 spiro atoms. The van der Waals surface area contributed by atoms with Gasteiger partial charge in [0.2, 0.25) is 0 Å². The zero-order valence-corrected chi connectivity index (χ0v) is 10.7. The number of rotatable bonds is 5. The molecule has 0 aliphatic heterocycles. The lowest BCUT2D eigenvalue weighted by molar-refractivity contribution is -0.185. The molecular formula is C11H18O6. The highest BCUT2D eigenvalue weighted by atomic mass is 16.6. The maximum absolute atomic E-state index is 11.9. The van der Waals surface area contributed by atoms with Gasteiger partial charge in [-0.15, -0.1) is 0 Å². The molecule has 0 radical (unpaired) electrons. The lowest BCUT2D eigenvalue weighted by Crippen LogP contribution is -2.52. The Balaban J connectivity index is 5.65. The molecule has 0 fully saturated rings. The summed E-state index contributed by atoms with van der Waals surface area (Å²) in [6.45, 7) is 4.73. The van der Waals surface area contributed by atoms with Gasteiger partial charge in [-0.1, -0.05) is 13.8 Å². The van der Waals surface area contributed by atoms with Crippen molar-refractivity contribution >= 4 is 17.9 Å². The Bertz CT molecular complexity index is 291. The van der Waals surface area contributed by atoms with E-state index in [9.17, 15) is 14.4 Å². The van der Waals surface area contributed by atoms with Crippen LogP contribution in [0.1, 0.15) is 20.8 Å². The van der Waals surface area contributed by atoms with Gasteiger partial charge in [-0.2, -0.15) is 0 Å². The molecule has 0 bridgehead atoms. The quantitative estimate of drug-likeness (QED) is 0.400. The van der Waals surface area contributed by atoms with E-state index in [0.29, 0.717) is 0 Å². The zero-order chi connectivity index (χ0) is 13.6. The predicted octanol–water partition coefficient (Wildman–Crippen LogP) is 0.538. The van der Waals surface area contributed by atoms with Gasteiger partial charge in [-0.05, 0) is 12.8 Å². The van der Waals surface area contributed by atoms with Crippen LogP contribution >= 0.6 is 0 Å². The maximum atomic E-state index is 11.9. The van der Waals surface area contributed by atoms with Gasteiger partial charge in [0, 0.05) is 0 Å². The molecule has 0 aliphatic carbocycles. The molecule has 0 saturated carbocycles. The topological polar surface area (TPSA) is 78.9 Å². The highest BCUT2D eigenvalue weighted by molar-refractivity contribution is 6.18. The molecule has 6 heteroatoms. The molecule has 0 aromatic carbocycles. The zero-order valence-electron chi connectivity index (χ0n) is 10.7. The maximum Gasteiger partial charge on any atom is 0.335 e. The number of carbonyl (C=O) groups excluding carboxylic acids is 3. The molecule has 98 valence electrons. The molecule has 0 rings (SSSR count). The summed E-state index contributed by atoms with van der Waals surface area (Å²) < 4.78 is 13.8. The van der Waals surface area contributed by atoms with Gasteiger partial charge < -0.3 is 14.2 Å². The molecule has 0 atom stereocenters. The second-order valence-corrected chi connectivity index (χ2v) is 3.67. The van der Waals surface area contributed by atoms with Crippen LogP contribution in [0.4, 0.5) is 0 Å². The van der Waals surface area contributed by atoms with Crippen LogP contribution in [-0.4, -0.2) is 38.7 Å². The fourth-order valence-corrected chi connectivity index (χ4v) is 1.52. The minimum atomic E-state index is -2.06. The summed E-state index contributed by atoms with van der Waals surface area (Å²) >= 11 is 0. The number of methoxy groups -OCH3 is 2. The van der Waals surface area contributed by atoms with E-state index < -0.39 is 29.2 Å². The van der Waals surface area contributed by atoms with Crippen molar-refractivity contribution in [3.05, 3.63) is 0 Å². The Morgan fingerprint density at radius 2 is 1.41 bits per heavy atom. The molecule has 0 amide bonds. The Morgan fingerprint density at radius 1 is 1.00 bits per heavy atom. The van der Waals surface area contributed by atoms with Crippen molar-refractivity contribution in [2.75, 3.05) is 20.8 Å². The van der Waals surface area contributed by atoms with Crippen molar-refractivity contribution in [2.24, 2.45) is 11.3 Å². The largest absolute Gasteiger partial charge is 0.468 e. The molecular weight excluding hydrogens is 228 g/mol. The lowest BCUT2D eigenvalue weighted by atomic mass is 9.77. The van der Waals surface area contributed by atoms with Crippen molar-refractivity contribution in [1.29, 1.82) is 0 Å². The van der Waals surface area contributed by atoms with Gasteiger partial charge >= 0.3 is 17.9 Å². The summed E-state index contributed by atoms with van der Waals surface area (Å²) in [6.07, 6.45) is 0. The van der Waals surface area contributed by atoms with E-state index in [1.165, 1.54) is 0 Å². The first-order valence-electron chi connectivity index (χ1n) is 5.23. The first kappa shape index (κ1) is 15.4. The number of ether oxygens (including phenoxy) is 3. The first-order valence-corrected chi connectivity index (χ1v) is 5.23. The molecule has 0 aromatic heterocycles. The average molecular weight is 246 g/mol. The summed E-state index contributed by atoms with van der Waals surface area (Å²) in [4.78, 5) is 35.4. The van der Waals surface area contributed by atoms with E-state index in [-0.39, 0.29) is 6.61 Å². The Kier molecular flexibility index (Phi) is 5.64. The molecule has 0 heterocycles. The summed E-state index contributed by atoms with van der Waals surface area (Å²) in [6, 6.07) is 0. The van der Waals surface area contributed by atoms with Crippen LogP contribution in [0.3, 0.4) is 0 Å². The summed E-state index contributed by atoms with van der Waals surface area (Å²) in [5.41, 5.74) is -2.06. The van der Waals surface area contributed by atoms with Gasteiger partial charge in [0.1, 0.15) is 0 Å². The van der Waals surface area contributed by atoms with Crippen molar-refractivity contribution in [1.82, 2.24) is 0 Å². The monoisotopic (exact) mass is 246 g/mol. The van der Waals surface area contributed by atoms with E-state index in [0.717, 1.165) is 14.2 Å². The molecule has 0 aliphatic rings. The van der Waals surface area contributed by atoms with Crippen molar-refractivity contribution in [3.63, 3.8) is 0 Å². The highest BCUT2D eigenvalue weighted by Gasteiger charge is 2.59. The van der Waals surface area contributed by atoms with Crippen LogP contribution in [0.5, 0.6) is 0 Å². The van der Waals surface area contributed by atoms with Crippen LogP contribution in [-0.2, 0) is 28.6 Å². The molecule has 17 heavy (non-hydrogen) atoms. The highest BCUT2D eigenvalue weighted by Crippen LogP contribution is 2.32. The molecule has 0 N–H and O–H groups in total. The van der Waals surface area contributed by atoms with E-state index in [1.54, 1.807) is 20.8 Å². The van der Waals surface area contributed by atoms with E-state index in [2.05, 4.69) is 9.47 Å². The van der Waals surface area contributed by atoms with E-state index in [1.807, 2.05) is 0 Å². The van der Waals surface area contributed by atoms with Gasteiger partial charge in [-0.3, -0.25) is 14.4 Å². The van der Waals surface area contributed by atoms with E-state index >= 15 is 0 Å². The third-order valence-electron chi connectivity index (χ3n) is 2.48. The van der Waals surface area contributed by atoms with Gasteiger partial charge in [-0.25, -0.2) is 0 Å². The smallest absolute Gasteiger partial charge is 0.335 e. The second-order valence-electron chi connectivity index (χ2n) is 3.67. The Labute approximate surface area is 100 Å². The lowest BCUT2D eigenvalue weighted by Gasteiger charge is -2.29. The Morgan fingerprint density at radius 3 is 1.65 bits per heavy atom. The van der Waals surface area contributed by atoms with E-state index in [4.69, 9.17) is 4.74 Å². The Hall–Kier alpha value is -1.59. The first-order chi connectivity index (χ1) is 7.89. The minimum Gasteiger partial charge on any atom is -0.468 e. The normalized spacial score (nSPS) is 10.9. The van der Waals surface area contributed by atoms with Crippen molar-refractivity contribution in [3.8, 4) is 0 Å². The summed E-state index contributed by atoms with van der Waals surface area (Å²) in [5.74, 6) is -3.54. The molecule has 6 nitrogen and oxygen atoms in total. The molecule has 0 saturated heterocycles. The van der Waals surface area contributed by atoms with Gasteiger partial charge in [0.05, 0.1) is 20.8 Å². The number of hydrogen-bond donors (Lipinski definition) is 0. The van der Waals surface area contributed by atoms with Crippen LogP contribution in [0.2, 0.25) is 0 Å². The van der Waals surface area contributed by atoms with Crippen LogP contribution in [0.15, 0.2) is 0 Å². The third kappa shape index (κ3) is 2.57. The summed E-state index contributed by atoms with van der Waals surface area (Å²) in [5, 5.41) is 0. The second kappa shape index (κ2) is 6.22. The average Bonchev–Trinajstić information content (AvgIpc) is 2.29. The van der Waals surface area contributed by atoms with Crippen LogP contribution < -0.4 is 0 Å². The predicted molar refractivity (Wildman–Crippen MR) is 57.9 cm³/mol. The fourth-order valence-electron chi connectivity index (χ4n) is 1.52. The number of esters is 3. The standard InChI is InChI=1S/C11H18O6/c1-6-17-10(14)11(7(2)3,8(12)15-4)9(13)16-5/h7H,6H2,1-5H3. The van der Waals surface area contributed by atoms with Crippen LogP contribution in [0.25, 0.3) is 0 Å².